The highest BCUT2D eigenvalue weighted by molar-refractivity contribution is 5.72. The van der Waals surface area contributed by atoms with Crippen LogP contribution in [0.2, 0.25) is 0 Å². The summed E-state index contributed by atoms with van der Waals surface area (Å²) in [6, 6.07) is 0.419. The van der Waals surface area contributed by atoms with Gasteiger partial charge in [0.25, 0.3) is 0 Å². The van der Waals surface area contributed by atoms with E-state index in [0.717, 1.165) is 19.5 Å². The van der Waals surface area contributed by atoms with Crippen molar-refractivity contribution in [2.24, 2.45) is 0 Å². The summed E-state index contributed by atoms with van der Waals surface area (Å²) in [6.07, 6.45) is 1.09. The van der Waals surface area contributed by atoms with Crippen LogP contribution in [0.5, 0.6) is 0 Å². The molecule has 2 N–H and O–H groups in total. The quantitative estimate of drug-likeness (QED) is 0.642. The van der Waals surface area contributed by atoms with Crippen molar-refractivity contribution >= 4 is 5.97 Å². The molecule has 1 saturated heterocycles. The lowest BCUT2D eigenvalue weighted by Gasteiger charge is -2.20. The zero-order valence-electron chi connectivity index (χ0n) is 9.22. The smallest absolute Gasteiger partial charge is 0.320 e. The zero-order valence-corrected chi connectivity index (χ0v) is 9.22. The van der Waals surface area contributed by atoms with Crippen LogP contribution in [0.1, 0.15) is 27.2 Å². The van der Waals surface area contributed by atoms with E-state index in [1.807, 2.05) is 20.8 Å². The Hall–Kier alpha value is -0.610. The predicted molar refractivity (Wildman–Crippen MR) is 55.1 cm³/mol. The first-order chi connectivity index (χ1) is 6.47. The van der Waals surface area contributed by atoms with Crippen molar-refractivity contribution in [1.82, 2.24) is 10.6 Å². The van der Waals surface area contributed by atoms with Gasteiger partial charge in [0.2, 0.25) is 0 Å². The number of carbonyl (C=O) groups is 1. The Balaban J connectivity index is 2.14. The Kier molecular flexibility index (Phi) is 3.89. The number of carbonyl (C=O) groups excluding carboxylic acids is 1. The van der Waals surface area contributed by atoms with Crippen LogP contribution in [0.25, 0.3) is 0 Å². The molecule has 0 saturated carbocycles. The first kappa shape index (κ1) is 11.5. The first-order valence-corrected chi connectivity index (χ1v) is 5.13. The lowest BCUT2D eigenvalue weighted by Crippen LogP contribution is -2.38. The number of esters is 1. The van der Waals surface area contributed by atoms with Crippen LogP contribution in [0, 0.1) is 0 Å². The standard InChI is InChI=1S/C10H20N2O2/c1-10(2,3)14-9(13)7-12-8-4-5-11-6-8/h8,11-12H,4-7H2,1-3H3. The molecule has 1 atom stereocenters. The third kappa shape index (κ3) is 4.58. The molecule has 14 heavy (non-hydrogen) atoms. The van der Waals surface area contributed by atoms with Crippen molar-refractivity contribution in [2.75, 3.05) is 19.6 Å². The largest absolute Gasteiger partial charge is 0.459 e. The van der Waals surface area contributed by atoms with E-state index in [2.05, 4.69) is 10.6 Å². The van der Waals surface area contributed by atoms with Gasteiger partial charge in [-0.2, -0.15) is 0 Å². The zero-order chi connectivity index (χ0) is 10.6. The second kappa shape index (κ2) is 4.75. The Labute approximate surface area is 85.4 Å². The predicted octanol–water partition coefficient (Wildman–Crippen LogP) is 0.280. The maximum atomic E-state index is 11.3. The summed E-state index contributed by atoms with van der Waals surface area (Å²) in [5.74, 6) is -0.176. The van der Waals surface area contributed by atoms with Gasteiger partial charge in [-0.05, 0) is 33.7 Å². The molecule has 4 nitrogen and oxygen atoms in total. The molecule has 0 spiro atoms. The van der Waals surface area contributed by atoms with Gasteiger partial charge in [-0.15, -0.1) is 0 Å². The van der Waals surface area contributed by atoms with E-state index in [9.17, 15) is 4.79 Å². The number of hydrogen-bond donors (Lipinski definition) is 2. The minimum atomic E-state index is -0.382. The highest BCUT2D eigenvalue weighted by Gasteiger charge is 2.18. The number of hydrogen-bond acceptors (Lipinski definition) is 4. The molecular formula is C10H20N2O2. The van der Waals surface area contributed by atoms with Gasteiger partial charge in [-0.1, -0.05) is 0 Å². The third-order valence-electron chi connectivity index (χ3n) is 2.02. The van der Waals surface area contributed by atoms with Gasteiger partial charge in [0.15, 0.2) is 0 Å². The van der Waals surface area contributed by atoms with Crippen LogP contribution < -0.4 is 10.6 Å². The molecule has 1 aliphatic heterocycles. The van der Waals surface area contributed by atoms with Gasteiger partial charge < -0.3 is 15.4 Å². The fraction of sp³-hybridized carbons (Fsp3) is 0.900. The SMILES string of the molecule is CC(C)(C)OC(=O)CNC1CCNC1. The summed E-state index contributed by atoms with van der Waals surface area (Å²) < 4.78 is 5.18. The summed E-state index contributed by atoms with van der Waals surface area (Å²) in [6.45, 7) is 7.92. The van der Waals surface area contributed by atoms with Gasteiger partial charge in [-0.25, -0.2) is 0 Å². The molecule has 1 aliphatic rings. The molecular weight excluding hydrogens is 180 g/mol. The molecule has 1 heterocycles. The average molecular weight is 200 g/mol. The van der Waals surface area contributed by atoms with E-state index in [1.165, 1.54) is 0 Å². The number of ether oxygens (including phenoxy) is 1. The summed E-state index contributed by atoms with van der Waals surface area (Å²) in [4.78, 5) is 11.3. The van der Waals surface area contributed by atoms with Gasteiger partial charge >= 0.3 is 5.97 Å². The fourth-order valence-electron chi connectivity index (χ4n) is 1.43. The van der Waals surface area contributed by atoms with Crippen LogP contribution in [-0.2, 0) is 9.53 Å². The van der Waals surface area contributed by atoms with Crippen molar-refractivity contribution < 1.29 is 9.53 Å². The van der Waals surface area contributed by atoms with Gasteiger partial charge in [0.1, 0.15) is 5.60 Å². The Morgan fingerprint density at radius 3 is 2.79 bits per heavy atom. The molecule has 0 amide bonds. The normalized spacial score (nSPS) is 22.4. The molecule has 0 radical (unpaired) electrons. The highest BCUT2D eigenvalue weighted by atomic mass is 16.6. The molecule has 1 rings (SSSR count). The van der Waals surface area contributed by atoms with Gasteiger partial charge in [0, 0.05) is 12.6 Å². The Morgan fingerprint density at radius 1 is 1.57 bits per heavy atom. The maximum absolute atomic E-state index is 11.3. The van der Waals surface area contributed by atoms with Crippen LogP contribution in [0.3, 0.4) is 0 Å². The van der Waals surface area contributed by atoms with E-state index in [4.69, 9.17) is 4.74 Å². The lowest BCUT2D eigenvalue weighted by atomic mass is 10.2. The molecule has 4 heteroatoms. The summed E-state index contributed by atoms with van der Waals surface area (Å²) in [7, 11) is 0. The van der Waals surface area contributed by atoms with Crippen molar-refractivity contribution in [1.29, 1.82) is 0 Å². The number of rotatable bonds is 3. The van der Waals surface area contributed by atoms with Gasteiger partial charge in [-0.3, -0.25) is 4.79 Å². The topological polar surface area (TPSA) is 50.4 Å². The van der Waals surface area contributed by atoms with E-state index in [0.29, 0.717) is 12.6 Å². The van der Waals surface area contributed by atoms with Crippen molar-refractivity contribution in [3.05, 3.63) is 0 Å². The third-order valence-corrected chi connectivity index (χ3v) is 2.02. The Bertz CT molecular complexity index is 193. The van der Waals surface area contributed by atoms with E-state index >= 15 is 0 Å². The summed E-state index contributed by atoms with van der Waals surface area (Å²) in [5, 5.41) is 6.40. The Morgan fingerprint density at radius 2 is 2.29 bits per heavy atom. The van der Waals surface area contributed by atoms with E-state index in [-0.39, 0.29) is 11.6 Å². The molecule has 82 valence electrons. The van der Waals surface area contributed by atoms with Crippen molar-refractivity contribution in [2.45, 2.75) is 38.8 Å². The summed E-state index contributed by atoms with van der Waals surface area (Å²) >= 11 is 0. The van der Waals surface area contributed by atoms with Crippen LogP contribution >= 0.6 is 0 Å². The van der Waals surface area contributed by atoms with E-state index in [1.54, 1.807) is 0 Å². The lowest BCUT2D eigenvalue weighted by molar-refractivity contribution is -0.153. The fourth-order valence-corrected chi connectivity index (χ4v) is 1.43. The molecule has 0 aliphatic carbocycles. The van der Waals surface area contributed by atoms with Crippen LogP contribution in [-0.4, -0.2) is 37.2 Å². The molecule has 0 aromatic heterocycles. The average Bonchev–Trinajstić information content (AvgIpc) is 2.49. The van der Waals surface area contributed by atoms with Crippen molar-refractivity contribution in [3.8, 4) is 0 Å². The number of nitrogens with one attached hydrogen (secondary N) is 2. The van der Waals surface area contributed by atoms with E-state index < -0.39 is 0 Å². The minimum absolute atomic E-state index is 0.176. The summed E-state index contributed by atoms with van der Waals surface area (Å²) in [5.41, 5.74) is -0.382. The minimum Gasteiger partial charge on any atom is -0.459 e. The molecule has 0 aromatic carbocycles. The van der Waals surface area contributed by atoms with Gasteiger partial charge in [0.05, 0.1) is 6.54 Å². The first-order valence-electron chi connectivity index (χ1n) is 5.13. The second-order valence-corrected chi connectivity index (χ2v) is 4.66. The van der Waals surface area contributed by atoms with Crippen molar-refractivity contribution in [3.63, 3.8) is 0 Å². The molecule has 1 fully saturated rings. The highest BCUT2D eigenvalue weighted by Crippen LogP contribution is 2.06. The molecule has 1 unspecified atom stereocenters. The van der Waals surface area contributed by atoms with Crippen LogP contribution in [0.15, 0.2) is 0 Å². The maximum Gasteiger partial charge on any atom is 0.320 e. The van der Waals surface area contributed by atoms with Crippen LogP contribution in [0.4, 0.5) is 0 Å². The molecule has 0 aromatic rings. The monoisotopic (exact) mass is 200 g/mol. The second-order valence-electron chi connectivity index (χ2n) is 4.66. The molecule has 0 bridgehead atoms.